The highest BCUT2D eigenvalue weighted by molar-refractivity contribution is 7.99. The van der Waals surface area contributed by atoms with E-state index >= 15 is 0 Å². The third-order valence-corrected chi connectivity index (χ3v) is 5.65. The fourth-order valence-corrected chi connectivity index (χ4v) is 3.98. The smallest absolute Gasteiger partial charge is 0.251 e. The van der Waals surface area contributed by atoms with Gasteiger partial charge in [0.15, 0.2) is 0 Å². The van der Waals surface area contributed by atoms with Crippen molar-refractivity contribution in [3.8, 4) is 5.75 Å². The number of hydrogen-bond donors (Lipinski definition) is 1. The van der Waals surface area contributed by atoms with Gasteiger partial charge >= 0.3 is 0 Å². The first kappa shape index (κ1) is 18.8. The first-order valence-corrected chi connectivity index (χ1v) is 10.5. The van der Waals surface area contributed by atoms with Gasteiger partial charge in [0.2, 0.25) is 0 Å². The van der Waals surface area contributed by atoms with E-state index < -0.39 is 0 Å². The number of carbonyl (C=O) groups is 1. The molecule has 1 saturated carbocycles. The Bertz CT molecular complexity index is 664. The largest absolute Gasteiger partial charge is 0.493 e. The van der Waals surface area contributed by atoms with Crippen molar-refractivity contribution in [1.82, 2.24) is 5.32 Å². The number of benzene rings is 2. The van der Waals surface area contributed by atoms with Gasteiger partial charge in [0.25, 0.3) is 5.91 Å². The number of ether oxygens (including phenoxy) is 1. The Morgan fingerprint density at radius 1 is 0.962 bits per heavy atom. The second kappa shape index (κ2) is 10.3. The summed E-state index contributed by atoms with van der Waals surface area (Å²) in [5, 5.41) is 3.18. The molecule has 3 rings (SSSR count). The van der Waals surface area contributed by atoms with Gasteiger partial charge in [-0.25, -0.2) is 0 Å². The van der Waals surface area contributed by atoms with Crippen molar-refractivity contribution in [3.05, 3.63) is 60.2 Å². The second-order valence-electron chi connectivity index (χ2n) is 6.70. The molecule has 0 aromatic heterocycles. The Balaban J connectivity index is 1.41. The Labute approximate surface area is 160 Å². The van der Waals surface area contributed by atoms with Gasteiger partial charge < -0.3 is 10.1 Å². The van der Waals surface area contributed by atoms with Crippen molar-refractivity contribution >= 4 is 17.7 Å². The molecule has 0 aliphatic heterocycles. The lowest BCUT2D eigenvalue weighted by molar-refractivity contribution is 0.0933. The van der Waals surface area contributed by atoms with Crippen LogP contribution in [-0.2, 0) is 0 Å². The zero-order valence-electron chi connectivity index (χ0n) is 15.2. The predicted molar refractivity (Wildman–Crippen MR) is 108 cm³/mol. The normalized spacial score (nSPS) is 15.2. The van der Waals surface area contributed by atoms with Crippen LogP contribution >= 0.6 is 11.8 Å². The number of rotatable bonds is 7. The molecule has 4 heteroatoms. The highest BCUT2D eigenvalue weighted by Crippen LogP contribution is 2.19. The summed E-state index contributed by atoms with van der Waals surface area (Å²) in [6, 6.07) is 18.1. The molecule has 138 valence electrons. The molecule has 1 fully saturated rings. The lowest BCUT2D eigenvalue weighted by Gasteiger charge is -2.16. The van der Waals surface area contributed by atoms with Crippen molar-refractivity contribution in [2.45, 2.75) is 49.5 Å². The van der Waals surface area contributed by atoms with E-state index in [9.17, 15) is 4.79 Å². The van der Waals surface area contributed by atoms with Crippen molar-refractivity contribution in [1.29, 1.82) is 0 Å². The van der Waals surface area contributed by atoms with Crippen molar-refractivity contribution < 1.29 is 9.53 Å². The van der Waals surface area contributed by atoms with Crippen LogP contribution in [0.4, 0.5) is 0 Å². The predicted octanol–water partition coefficient (Wildman–Crippen LogP) is 5.31. The molecule has 0 atom stereocenters. The average Bonchev–Trinajstić information content (AvgIpc) is 2.95. The molecule has 1 amide bonds. The Kier molecular flexibility index (Phi) is 7.44. The van der Waals surface area contributed by atoms with Crippen LogP contribution in [0.5, 0.6) is 5.75 Å². The monoisotopic (exact) mass is 369 g/mol. The van der Waals surface area contributed by atoms with Crippen LogP contribution in [0.3, 0.4) is 0 Å². The van der Waals surface area contributed by atoms with Crippen molar-refractivity contribution in [2.75, 3.05) is 12.4 Å². The van der Waals surface area contributed by atoms with Crippen molar-refractivity contribution in [2.24, 2.45) is 0 Å². The van der Waals surface area contributed by atoms with Gasteiger partial charge in [-0.3, -0.25) is 4.79 Å². The van der Waals surface area contributed by atoms with Crippen LogP contribution in [0.2, 0.25) is 0 Å². The molecule has 0 heterocycles. The molecule has 1 aliphatic rings. The summed E-state index contributed by atoms with van der Waals surface area (Å²) in [5.41, 5.74) is 0.709. The van der Waals surface area contributed by atoms with Gasteiger partial charge in [-0.05, 0) is 49.2 Å². The summed E-state index contributed by atoms with van der Waals surface area (Å²) in [6.45, 7) is 0.646. The van der Waals surface area contributed by atoms with Crippen LogP contribution < -0.4 is 10.1 Å². The summed E-state index contributed by atoms with van der Waals surface area (Å²) in [6.07, 6.45) is 7.23. The van der Waals surface area contributed by atoms with Crippen LogP contribution in [0.15, 0.2) is 59.5 Å². The Hall–Kier alpha value is -1.94. The molecule has 1 aliphatic carbocycles. The molecular formula is C22H27NO2S. The summed E-state index contributed by atoms with van der Waals surface area (Å²) < 4.78 is 5.78. The van der Waals surface area contributed by atoms with Crippen LogP contribution in [0.1, 0.15) is 48.9 Å². The zero-order valence-corrected chi connectivity index (χ0v) is 16.0. The van der Waals surface area contributed by atoms with Crippen LogP contribution in [0.25, 0.3) is 0 Å². The van der Waals surface area contributed by atoms with E-state index in [0.29, 0.717) is 18.2 Å². The highest BCUT2D eigenvalue weighted by Gasteiger charge is 2.15. The lowest BCUT2D eigenvalue weighted by atomic mass is 10.1. The topological polar surface area (TPSA) is 38.3 Å². The SMILES string of the molecule is O=C(NC1CCCCCC1)c1ccc(OCCSc2ccccc2)cc1. The van der Waals surface area contributed by atoms with Crippen LogP contribution in [0, 0.1) is 0 Å². The molecule has 2 aromatic carbocycles. The van der Waals surface area contributed by atoms with Gasteiger partial charge in [0, 0.05) is 22.3 Å². The highest BCUT2D eigenvalue weighted by atomic mass is 32.2. The molecule has 0 saturated heterocycles. The third kappa shape index (κ3) is 6.10. The lowest BCUT2D eigenvalue weighted by Crippen LogP contribution is -2.34. The zero-order chi connectivity index (χ0) is 18.0. The van der Waals surface area contributed by atoms with E-state index in [2.05, 4.69) is 17.4 Å². The number of nitrogens with one attached hydrogen (secondary N) is 1. The van der Waals surface area contributed by atoms with Gasteiger partial charge in [0.1, 0.15) is 5.75 Å². The standard InChI is InChI=1S/C22H27NO2S/c24-22(23-19-8-4-1-2-5-9-19)18-12-14-20(15-13-18)25-16-17-26-21-10-6-3-7-11-21/h3,6-7,10-15,19H,1-2,4-5,8-9,16-17H2,(H,23,24). The van der Waals surface area contributed by atoms with E-state index in [1.807, 2.05) is 42.5 Å². The minimum absolute atomic E-state index is 0.0306. The molecule has 0 radical (unpaired) electrons. The molecule has 26 heavy (non-hydrogen) atoms. The van der Waals surface area contributed by atoms with Crippen molar-refractivity contribution in [3.63, 3.8) is 0 Å². The first-order chi connectivity index (χ1) is 12.8. The Morgan fingerprint density at radius 3 is 2.35 bits per heavy atom. The summed E-state index contributed by atoms with van der Waals surface area (Å²) >= 11 is 1.78. The average molecular weight is 370 g/mol. The van der Waals surface area contributed by atoms with Gasteiger partial charge in [-0.15, -0.1) is 11.8 Å². The van der Waals surface area contributed by atoms with E-state index in [0.717, 1.165) is 24.3 Å². The molecule has 3 nitrogen and oxygen atoms in total. The maximum atomic E-state index is 12.4. The van der Waals surface area contributed by atoms with E-state index in [1.54, 1.807) is 11.8 Å². The molecule has 2 aromatic rings. The number of thioether (sulfide) groups is 1. The van der Waals surface area contributed by atoms with Gasteiger partial charge in [-0.1, -0.05) is 43.9 Å². The molecular weight excluding hydrogens is 342 g/mol. The summed E-state index contributed by atoms with van der Waals surface area (Å²) in [4.78, 5) is 13.6. The summed E-state index contributed by atoms with van der Waals surface area (Å²) in [5.74, 6) is 1.74. The van der Waals surface area contributed by atoms with E-state index in [-0.39, 0.29) is 5.91 Å². The van der Waals surface area contributed by atoms with Gasteiger partial charge in [-0.2, -0.15) is 0 Å². The van der Waals surface area contributed by atoms with Gasteiger partial charge in [0.05, 0.1) is 6.61 Å². The van der Waals surface area contributed by atoms with E-state index in [1.165, 1.54) is 30.6 Å². The van der Waals surface area contributed by atoms with Crippen LogP contribution in [-0.4, -0.2) is 24.3 Å². The number of hydrogen-bond acceptors (Lipinski definition) is 3. The number of carbonyl (C=O) groups excluding carboxylic acids is 1. The fourth-order valence-electron chi connectivity index (χ4n) is 3.23. The second-order valence-corrected chi connectivity index (χ2v) is 7.86. The van der Waals surface area contributed by atoms with E-state index in [4.69, 9.17) is 4.74 Å². The number of amides is 1. The minimum Gasteiger partial charge on any atom is -0.493 e. The molecule has 0 unspecified atom stereocenters. The first-order valence-electron chi connectivity index (χ1n) is 9.53. The molecule has 0 spiro atoms. The maximum Gasteiger partial charge on any atom is 0.251 e. The third-order valence-electron chi connectivity index (χ3n) is 4.67. The Morgan fingerprint density at radius 2 is 1.65 bits per heavy atom. The quantitative estimate of drug-likeness (QED) is 0.408. The molecule has 0 bridgehead atoms. The maximum absolute atomic E-state index is 12.4. The fraction of sp³-hybridized carbons (Fsp3) is 0.409. The summed E-state index contributed by atoms with van der Waals surface area (Å²) in [7, 11) is 0. The molecule has 1 N–H and O–H groups in total. The minimum atomic E-state index is 0.0306.